The summed E-state index contributed by atoms with van der Waals surface area (Å²) in [6.07, 6.45) is 1.42. The molecule has 1 aliphatic heterocycles. The summed E-state index contributed by atoms with van der Waals surface area (Å²) in [5, 5.41) is 3.29. The standard InChI is InChI=1S/C18H30N2O/c1-6-7-20-8-9-21-17(12-19-5)18(20)16-11-14(3)13(2)10-15(16)4/h10-11,17-19H,6-9,12H2,1-5H3. The second-order valence-electron chi connectivity index (χ2n) is 6.24. The van der Waals surface area contributed by atoms with Gasteiger partial charge >= 0.3 is 0 Å². The first-order valence-corrected chi connectivity index (χ1v) is 8.16. The Balaban J connectivity index is 2.39. The van der Waals surface area contributed by atoms with Gasteiger partial charge in [0.15, 0.2) is 0 Å². The quantitative estimate of drug-likeness (QED) is 0.902. The zero-order valence-corrected chi connectivity index (χ0v) is 14.2. The van der Waals surface area contributed by atoms with Gasteiger partial charge in [-0.25, -0.2) is 0 Å². The Morgan fingerprint density at radius 2 is 1.90 bits per heavy atom. The molecule has 0 amide bonds. The lowest BCUT2D eigenvalue weighted by Gasteiger charge is -2.42. The first kappa shape index (κ1) is 16.5. The summed E-state index contributed by atoms with van der Waals surface area (Å²) in [6, 6.07) is 5.06. The van der Waals surface area contributed by atoms with E-state index in [4.69, 9.17) is 4.74 Å². The van der Waals surface area contributed by atoms with Gasteiger partial charge in [0, 0.05) is 13.1 Å². The van der Waals surface area contributed by atoms with Gasteiger partial charge in [0.2, 0.25) is 0 Å². The molecule has 1 aliphatic rings. The molecule has 0 bridgehead atoms. The third-order valence-corrected chi connectivity index (χ3v) is 4.57. The average molecular weight is 290 g/mol. The van der Waals surface area contributed by atoms with Crippen LogP contribution in [0.2, 0.25) is 0 Å². The first-order valence-electron chi connectivity index (χ1n) is 8.16. The van der Waals surface area contributed by atoms with Crippen molar-refractivity contribution in [1.82, 2.24) is 10.2 Å². The van der Waals surface area contributed by atoms with E-state index in [-0.39, 0.29) is 6.10 Å². The monoisotopic (exact) mass is 290 g/mol. The third kappa shape index (κ3) is 3.65. The zero-order chi connectivity index (χ0) is 15.4. The maximum absolute atomic E-state index is 6.08. The van der Waals surface area contributed by atoms with Gasteiger partial charge in [0.25, 0.3) is 0 Å². The van der Waals surface area contributed by atoms with E-state index in [0.717, 1.165) is 26.2 Å². The minimum absolute atomic E-state index is 0.233. The normalized spacial score (nSPS) is 23.5. The maximum atomic E-state index is 6.08. The van der Waals surface area contributed by atoms with Crippen molar-refractivity contribution in [3.05, 3.63) is 34.4 Å². The minimum atomic E-state index is 0.233. The summed E-state index contributed by atoms with van der Waals surface area (Å²) in [4.78, 5) is 2.60. The summed E-state index contributed by atoms with van der Waals surface area (Å²) in [6.45, 7) is 12.8. The Labute approximate surface area is 129 Å². The number of hydrogen-bond donors (Lipinski definition) is 1. The summed E-state index contributed by atoms with van der Waals surface area (Å²) >= 11 is 0. The van der Waals surface area contributed by atoms with Crippen LogP contribution in [-0.4, -0.2) is 44.3 Å². The number of nitrogens with zero attached hydrogens (tertiary/aromatic N) is 1. The second kappa shape index (κ2) is 7.39. The van der Waals surface area contributed by atoms with Crippen LogP contribution in [-0.2, 0) is 4.74 Å². The molecule has 1 saturated heterocycles. The topological polar surface area (TPSA) is 24.5 Å². The molecule has 1 fully saturated rings. The van der Waals surface area contributed by atoms with Gasteiger partial charge in [0.05, 0.1) is 18.8 Å². The average Bonchev–Trinajstić information content (AvgIpc) is 2.44. The predicted octanol–water partition coefficient (Wildman–Crippen LogP) is 2.98. The van der Waals surface area contributed by atoms with Gasteiger partial charge in [-0.15, -0.1) is 0 Å². The molecule has 0 aromatic heterocycles. The SMILES string of the molecule is CCCN1CCOC(CNC)C1c1cc(C)c(C)cc1C. The molecule has 1 heterocycles. The summed E-state index contributed by atoms with van der Waals surface area (Å²) in [7, 11) is 2.01. The Kier molecular flexibility index (Phi) is 5.80. The lowest BCUT2D eigenvalue weighted by atomic mass is 9.90. The van der Waals surface area contributed by atoms with Crippen LogP contribution >= 0.6 is 0 Å². The molecular weight excluding hydrogens is 260 g/mol. The molecule has 0 spiro atoms. The van der Waals surface area contributed by atoms with E-state index in [9.17, 15) is 0 Å². The summed E-state index contributed by atoms with van der Waals surface area (Å²) < 4.78 is 6.08. The molecule has 0 radical (unpaired) electrons. The molecule has 2 unspecified atom stereocenters. The highest BCUT2D eigenvalue weighted by Crippen LogP contribution is 2.33. The largest absolute Gasteiger partial charge is 0.374 e. The highest BCUT2D eigenvalue weighted by Gasteiger charge is 2.33. The van der Waals surface area contributed by atoms with Crippen molar-refractivity contribution in [3.63, 3.8) is 0 Å². The highest BCUT2D eigenvalue weighted by atomic mass is 16.5. The first-order chi connectivity index (χ1) is 10.1. The molecule has 2 rings (SSSR count). The maximum Gasteiger partial charge on any atom is 0.0896 e. The van der Waals surface area contributed by atoms with E-state index in [2.05, 4.69) is 50.0 Å². The molecule has 3 nitrogen and oxygen atoms in total. The van der Waals surface area contributed by atoms with Gasteiger partial charge in [-0.05, 0) is 63.0 Å². The highest BCUT2D eigenvalue weighted by molar-refractivity contribution is 5.39. The molecule has 3 heteroatoms. The molecule has 1 aromatic carbocycles. The van der Waals surface area contributed by atoms with E-state index < -0.39 is 0 Å². The number of aryl methyl sites for hydroxylation is 3. The van der Waals surface area contributed by atoms with Gasteiger partial charge in [-0.1, -0.05) is 19.1 Å². The zero-order valence-electron chi connectivity index (χ0n) is 14.2. The van der Waals surface area contributed by atoms with Crippen LogP contribution in [0.1, 0.15) is 41.6 Å². The fourth-order valence-electron chi connectivity index (χ4n) is 3.40. The van der Waals surface area contributed by atoms with Gasteiger partial charge in [-0.2, -0.15) is 0 Å². The van der Waals surface area contributed by atoms with E-state index in [1.54, 1.807) is 0 Å². The molecule has 21 heavy (non-hydrogen) atoms. The smallest absolute Gasteiger partial charge is 0.0896 e. The van der Waals surface area contributed by atoms with Crippen LogP contribution in [0.15, 0.2) is 12.1 Å². The van der Waals surface area contributed by atoms with Crippen LogP contribution < -0.4 is 5.32 Å². The van der Waals surface area contributed by atoms with E-state index in [0.29, 0.717) is 6.04 Å². The van der Waals surface area contributed by atoms with Crippen molar-refractivity contribution in [2.24, 2.45) is 0 Å². The number of likely N-dealkylation sites (N-methyl/N-ethyl adjacent to an activating group) is 1. The Bertz CT molecular complexity index is 455. The lowest BCUT2D eigenvalue weighted by Crippen LogP contribution is -2.49. The molecule has 118 valence electrons. The summed E-state index contributed by atoms with van der Waals surface area (Å²) in [5.74, 6) is 0. The third-order valence-electron chi connectivity index (χ3n) is 4.57. The van der Waals surface area contributed by atoms with Gasteiger partial charge < -0.3 is 10.1 Å². The van der Waals surface area contributed by atoms with Crippen molar-refractivity contribution in [3.8, 4) is 0 Å². The molecular formula is C18H30N2O. The van der Waals surface area contributed by atoms with Crippen molar-refractivity contribution in [2.45, 2.75) is 46.3 Å². The number of rotatable bonds is 5. The van der Waals surface area contributed by atoms with E-state index >= 15 is 0 Å². The summed E-state index contributed by atoms with van der Waals surface area (Å²) in [5.41, 5.74) is 5.57. The van der Waals surface area contributed by atoms with Crippen LogP contribution in [0.5, 0.6) is 0 Å². The van der Waals surface area contributed by atoms with Gasteiger partial charge in [-0.3, -0.25) is 4.90 Å². The number of nitrogens with one attached hydrogen (secondary N) is 1. The van der Waals surface area contributed by atoms with Gasteiger partial charge in [0.1, 0.15) is 0 Å². The van der Waals surface area contributed by atoms with Crippen molar-refractivity contribution < 1.29 is 4.74 Å². The van der Waals surface area contributed by atoms with E-state index in [1.807, 2.05) is 7.05 Å². The molecule has 1 aromatic rings. The molecule has 0 saturated carbocycles. The van der Waals surface area contributed by atoms with Crippen molar-refractivity contribution in [1.29, 1.82) is 0 Å². The number of morpholine rings is 1. The molecule has 1 N–H and O–H groups in total. The van der Waals surface area contributed by atoms with Crippen molar-refractivity contribution >= 4 is 0 Å². The number of benzene rings is 1. The lowest BCUT2D eigenvalue weighted by molar-refractivity contribution is -0.0706. The molecule has 2 atom stereocenters. The molecule has 0 aliphatic carbocycles. The van der Waals surface area contributed by atoms with Crippen LogP contribution in [0.4, 0.5) is 0 Å². The number of hydrogen-bond acceptors (Lipinski definition) is 3. The van der Waals surface area contributed by atoms with Crippen LogP contribution in [0.3, 0.4) is 0 Å². The van der Waals surface area contributed by atoms with Crippen molar-refractivity contribution in [2.75, 3.05) is 33.3 Å². The number of ether oxygens (including phenoxy) is 1. The van der Waals surface area contributed by atoms with Crippen LogP contribution in [0.25, 0.3) is 0 Å². The van der Waals surface area contributed by atoms with E-state index in [1.165, 1.54) is 28.7 Å². The van der Waals surface area contributed by atoms with Crippen LogP contribution in [0, 0.1) is 20.8 Å². The Morgan fingerprint density at radius 1 is 1.19 bits per heavy atom. The Morgan fingerprint density at radius 3 is 2.57 bits per heavy atom. The minimum Gasteiger partial charge on any atom is -0.374 e. The fraction of sp³-hybridized carbons (Fsp3) is 0.667. The Hall–Kier alpha value is -0.900. The fourth-order valence-corrected chi connectivity index (χ4v) is 3.40. The predicted molar refractivity (Wildman–Crippen MR) is 88.9 cm³/mol. The second-order valence-corrected chi connectivity index (χ2v) is 6.24.